The van der Waals surface area contributed by atoms with Crippen molar-refractivity contribution in [1.29, 1.82) is 0 Å². The van der Waals surface area contributed by atoms with Crippen LogP contribution in [0.4, 0.5) is 0 Å². The van der Waals surface area contributed by atoms with Gasteiger partial charge >= 0.3 is 0 Å². The Balaban J connectivity index is 2.04. The van der Waals surface area contributed by atoms with E-state index in [1.165, 1.54) is 37.7 Å². The summed E-state index contributed by atoms with van der Waals surface area (Å²) in [7, 11) is 0. The number of rotatable bonds is 4. The Bertz CT molecular complexity index is 369. The van der Waals surface area contributed by atoms with Gasteiger partial charge in [-0.3, -0.25) is 4.90 Å². The standard InChI is InChI=1S/C14H20Br2N2/c15-12-6-11(7-13(16)8-12)9-18(10-17)14-4-2-1-3-5-14/h6-8,14H,1-5,9-10,17H2. The second kappa shape index (κ2) is 7.04. The van der Waals surface area contributed by atoms with E-state index in [2.05, 4.69) is 55.0 Å². The van der Waals surface area contributed by atoms with E-state index in [-0.39, 0.29) is 0 Å². The number of nitrogens with two attached hydrogens (primary N) is 1. The lowest BCUT2D eigenvalue weighted by atomic mass is 9.94. The largest absolute Gasteiger partial charge is 0.318 e. The minimum absolute atomic E-state index is 0.648. The molecule has 0 spiro atoms. The molecule has 0 radical (unpaired) electrons. The second-order valence-corrected chi connectivity index (χ2v) is 6.83. The Morgan fingerprint density at radius 1 is 1.06 bits per heavy atom. The normalized spacial score (nSPS) is 17.3. The lowest BCUT2D eigenvalue weighted by molar-refractivity contribution is 0.152. The summed E-state index contributed by atoms with van der Waals surface area (Å²) in [6.45, 7) is 1.59. The number of hydrogen-bond donors (Lipinski definition) is 1. The number of nitrogens with zero attached hydrogens (tertiary/aromatic N) is 1. The fourth-order valence-corrected chi connectivity index (χ4v) is 4.11. The zero-order valence-corrected chi connectivity index (χ0v) is 13.7. The molecule has 100 valence electrons. The summed E-state index contributed by atoms with van der Waals surface area (Å²) in [5.41, 5.74) is 7.24. The lowest BCUT2D eigenvalue weighted by Gasteiger charge is -2.33. The molecule has 1 saturated carbocycles. The van der Waals surface area contributed by atoms with Gasteiger partial charge in [0, 0.05) is 28.2 Å². The van der Waals surface area contributed by atoms with E-state index in [4.69, 9.17) is 5.73 Å². The van der Waals surface area contributed by atoms with Gasteiger partial charge in [-0.25, -0.2) is 0 Å². The highest BCUT2D eigenvalue weighted by atomic mass is 79.9. The number of hydrogen-bond acceptors (Lipinski definition) is 2. The molecule has 4 heteroatoms. The molecule has 1 fully saturated rings. The molecule has 1 aliphatic carbocycles. The third-order valence-corrected chi connectivity index (χ3v) is 4.55. The van der Waals surface area contributed by atoms with E-state index < -0.39 is 0 Å². The van der Waals surface area contributed by atoms with E-state index in [0.29, 0.717) is 12.7 Å². The maximum Gasteiger partial charge on any atom is 0.0461 e. The molecule has 2 rings (SSSR count). The summed E-state index contributed by atoms with van der Waals surface area (Å²) < 4.78 is 2.24. The van der Waals surface area contributed by atoms with Gasteiger partial charge in [0.2, 0.25) is 0 Å². The van der Waals surface area contributed by atoms with Crippen molar-refractivity contribution in [3.05, 3.63) is 32.7 Å². The monoisotopic (exact) mass is 374 g/mol. The topological polar surface area (TPSA) is 29.3 Å². The maximum absolute atomic E-state index is 5.93. The maximum atomic E-state index is 5.93. The highest BCUT2D eigenvalue weighted by Gasteiger charge is 2.20. The van der Waals surface area contributed by atoms with Gasteiger partial charge < -0.3 is 5.73 Å². The Hall–Kier alpha value is 0.1000. The highest BCUT2D eigenvalue weighted by Crippen LogP contribution is 2.25. The quantitative estimate of drug-likeness (QED) is 0.796. The van der Waals surface area contributed by atoms with Gasteiger partial charge in [0.15, 0.2) is 0 Å². The molecule has 0 aromatic heterocycles. The fourth-order valence-electron chi connectivity index (χ4n) is 2.73. The Labute approximate surface area is 126 Å². The van der Waals surface area contributed by atoms with E-state index in [0.717, 1.165) is 15.5 Å². The summed E-state index contributed by atoms with van der Waals surface area (Å²) >= 11 is 7.08. The molecule has 0 heterocycles. The van der Waals surface area contributed by atoms with Crippen molar-refractivity contribution >= 4 is 31.9 Å². The molecule has 0 saturated heterocycles. The molecule has 1 aliphatic rings. The Morgan fingerprint density at radius 3 is 2.22 bits per heavy atom. The Kier molecular flexibility index (Phi) is 5.67. The van der Waals surface area contributed by atoms with Crippen molar-refractivity contribution in [2.75, 3.05) is 6.67 Å². The molecule has 0 unspecified atom stereocenters. The van der Waals surface area contributed by atoms with Crippen molar-refractivity contribution in [3.8, 4) is 0 Å². The molecular formula is C14H20Br2N2. The van der Waals surface area contributed by atoms with Crippen LogP contribution in [0.15, 0.2) is 27.1 Å². The summed E-state index contributed by atoms with van der Waals surface area (Å²) in [6, 6.07) is 7.09. The summed E-state index contributed by atoms with van der Waals surface area (Å²) in [5, 5.41) is 0. The van der Waals surface area contributed by atoms with Gasteiger partial charge in [-0.15, -0.1) is 0 Å². The minimum Gasteiger partial charge on any atom is -0.318 e. The van der Waals surface area contributed by atoms with Gasteiger partial charge in [-0.1, -0.05) is 51.1 Å². The summed E-state index contributed by atoms with van der Waals surface area (Å²) in [4.78, 5) is 2.41. The average molecular weight is 376 g/mol. The van der Waals surface area contributed by atoms with Gasteiger partial charge in [0.05, 0.1) is 0 Å². The van der Waals surface area contributed by atoms with Crippen molar-refractivity contribution in [1.82, 2.24) is 4.90 Å². The smallest absolute Gasteiger partial charge is 0.0461 e. The summed E-state index contributed by atoms with van der Waals surface area (Å²) in [5.74, 6) is 0. The zero-order valence-electron chi connectivity index (χ0n) is 10.5. The molecule has 0 aliphatic heterocycles. The van der Waals surface area contributed by atoms with Gasteiger partial charge in [0.1, 0.15) is 0 Å². The molecule has 0 atom stereocenters. The molecule has 2 N–H and O–H groups in total. The first kappa shape index (κ1) is 14.5. The first-order chi connectivity index (χ1) is 8.69. The van der Waals surface area contributed by atoms with Crippen LogP contribution >= 0.6 is 31.9 Å². The first-order valence-corrected chi connectivity index (χ1v) is 8.16. The Morgan fingerprint density at radius 2 is 1.67 bits per heavy atom. The predicted octanol–water partition coefficient (Wildman–Crippen LogP) is 4.26. The van der Waals surface area contributed by atoms with Crippen molar-refractivity contribution in [2.45, 2.75) is 44.7 Å². The van der Waals surface area contributed by atoms with Crippen LogP contribution in [0.1, 0.15) is 37.7 Å². The van der Waals surface area contributed by atoms with Crippen LogP contribution in [-0.2, 0) is 6.54 Å². The van der Waals surface area contributed by atoms with Crippen LogP contribution in [0.25, 0.3) is 0 Å². The predicted molar refractivity (Wildman–Crippen MR) is 83.3 cm³/mol. The molecule has 18 heavy (non-hydrogen) atoms. The van der Waals surface area contributed by atoms with Crippen molar-refractivity contribution < 1.29 is 0 Å². The highest BCUT2D eigenvalue weighted by molar-refractivity contribution is 9.11. The van der Waals surface area contributed by atoms with Gasteiger partial charge in [0.25, 0.3) is 0 Å². The van der Waals surface area contributed by atoms with Crippen LogP contribution in [0.2, 0.25) is 0 Å². The first-order valence-electron chi connectivity index (χ1n) is 6.58. The SMILES string of the molecule is NCN(Cc1cc(Br)cc(Br)c1)C1CCCCC1. The van der Waals surface area contributed by atoms with Gasteiger partial charge in [-0.2, -0.15) is 0 Å². The molecular weight excluding hydrogens is 356 g/mol. The molecule has 1 aromatic carbocycles. The third kappa shape index (κ3) is 4.05. The molecule has 2 nitrogen and oxygen atoms in total. The zero-order chi connectivity index (χ0) is 13.0. The van der Waals surface area contributed by atoms with E-state index in [1.54, 1.807) is 0 Å². The fraction of sp³-hybridized carbons (Fsp3) is 0.571. The van der Waals surface area contributed by atoms with Crippen molar-refractivity contribution in [3.63, 3.8) is 0 Å². The van der Waals surface area contributed by atoms with Gasteiger partial charge in [-0.05, 0) is 36.6 Å². The van der Waals surface area contributed by atoms with E-state index >= 15 is 0 Å². The van der Waals surface area contributed by atoms with Crippen LogP contribution in [0, 0.1) is 0 Å². The third-order valence-electron chi connectivity index (χ3n) is 3.63. The minimum atomic E-state index is 0.648. The van der Waals surface area contributed by atoms with Crippen molar-refractivity contribution in [2.24, 2.45) is 5.73 Å². The average Bonchev–Trinajstić information content (AvgIpc) is 2.36. The van der Waals surface area contributed by atoms with Crippen LogP contribution in [-0.4, -0.2) is 17.6 Å². The summed E-state index contributed by atoms with van der Waals surface area (Å²) in [6.07, 6.45) is 6.68. The second-order valence-electron chi connectivity index (χ2n) is 5.00. The number of benzene rings is 1. The number of halogens is 2. The lowest BCUT2D eigenvalue weighted by Crippen LogP contribution is -2.40. The molecule has 1 aromatic rings. The van der Waals surface area contributed by atoms with Crippen LogP contribution in [0.5, 0.6) is 0 Å². The van der Waals surface area contributed by atoms with E-state index in [9.17, 15) is 0 Å². The van der Waals surface area contributed by atoms with E-state index in [1.807, 2.05) is 0 Å². The van der Waals surface area contributed by atoms with Crippen LogP contribution in [0.3, 0.4) is 0 Å². The molecule has 0 amide bonds. The van der Waals surface area contributed by atoms with Crippen LogP contribution < -0.4 is 5.73 Å². The molecule has 0 bridgehead atoms.